The molecule has 2 rings (SSSR count). The summed E-state index contributed by atoms with van der Waals surface area (Å²) in [4.78, 5) is 14.6. The van der Waals surface area contributed by atoms with Gasteiger partial charge in [0.05, 0.1) is 18.7 Å². The molecule has 2 N–H and O–H groups in total. The molecule has 4 nitrogen and oxygen atoms in total. The van der Waals surface area contributed by atoms with Gasteiger partial charge in [-0.05, 0) is 31.9 Å². The normalized spacial score (nSPS) is 27.4. The first-order valence-electron chi connectivity index (χ1n) is 7.72. The number of hydrogen-bond acceptors (Lipinski definition) is 3. The topological polar surface area (TPSA) is 55.6 Å². The molecule has 4 heteroatoms. The summed E-state index contributed by atoms with van der Waals surface area (Å²) in [5.41, 5.74) is 6.77. The van der Waals surface area contributed by atoms with E-state index in [4.69, 9.17) is 10.5 Å². The third-order valence-corrected chi connectivity index (χ3v) is 4.21. The molecule has 1 aliphatic rings. The number of nitrogens with two attached hydrogens (primary N) is 1. The van der Waals surface area contributed by atoms with Crippen LogP contribution in [0.4, 0.5) is 0 Å². The maximum absolute atomic E-state index is 12.6. The number of ether oxygens (including phenoxy) is 1. The zero-order valence-electron chi connectivity index (χ0n) is 13.2. The Morgan fingerprint density at radius 2 is 2.05 bits per heavy atom. The van der Waals surface area contributed by atoms with Crippen LogP contribution in [0.2, 0.25) is 0 Å². The van der Waals surface area contributed by atoms with Crippen LogP contribution < -0.4 is 5.73 Å². The number of hydrogen-bond donors (Lipinski definition) is 1. The lowest BCUT2D eigenvalue weighted by Gasteiger charge is -2.44. The summed E-state index contributed by atoms with van der Waals surface area (Å²) in [7, 11) is 0. The van der Waals surface area contributed by atoms with Gasteiger partial charge in [-0.2, -0.15) is 0 Å². The Morgan fingerprint density at radius 3 is 2.67 bits per heavy atom. The quantitative estimate of drug-likeness (QED) is 0.926. The summed E-state index contributed by atoms with van der Waals surface area (Å²) in [6.45, 7) is 7.25. The van der Waals surface area contributed by atoms with Crippen molar-refractivity contribution in [2.75, 3.05) is 13.2 Å². The smallest absolute Gasteiger partial charge is 0.223 e. The van der Waals surface area contributed by atoms with Crippen LogP contribution in [0.5, 0.6) is 0 Å². The maximum Gasteiger partial charge on any atom is 0.223 e. The number of amides is 1. The molecule has 116 valence electrons. The van der Waals surface area contributed by atoms with Crippen molar-refractivity contribution < 1.29 is 9.53 Å². The third-order valence-electron chi connectivity index (χ3n) is 4.21. The van der Waals surface area contributed by atoms with Gasteiger partial charge in [-0.25, -0.2) is 0 Å². The van der Waals surface area contributed by atoms with E-state index in [9.17, 15) is 4.79 Å². The number of benzene rings is 1. The number of nitrogens with zero attached hydrogens (tertiary/aromatic N) is 1. The molecular weight excluding hydrogens is 264 g/mol. The SMILES string of the molecule is C[C@H](CN)CC(=O)N1[C@H](C)CO[C@H](c2ccccc2)[C@@H]1C. The molecule has 0 unspecified atom stereocenters. The van der Waals surface area contributed by atoms with Gasteiger partial charge >= 0.3 is 0 Å². The van der Waals surface area contributed by atoms with E-state index < -0.39 is 0 Å². The molecule has 0 saturated carbocycles. The highest BCUT2D eigenvalue weighted by Crippen LogP contribution is 2.31. The minimum atomic E-state index is -0.0560. The summed E-state index contributed by atoms with van der Waals surface area (Å²) in [6.07, 6.45) is 0.451. The second-order valence-corrected chi connectivity index (χ2v) is 6.10. The molecule has 1 amide bonds. The Morgan fingerprint density at radius 1 is 1.38 bits per heavy atom. The fourth-order valence-electron chi connectivity index (χ4n) is 2.99. The van der Waals surface area contributed by atoms with Gasteiger partial charge in [-0.3, -0.25) is 4.79 Å². The van der Waals surface area contributed by atoms with Crippen LogP contribution in [0, 0.1) is 5.92 Å². The summed E-state index contributed by atoms with van der Waals surface area (Å²) in [5.74, 6) is 0.395. The molecule has 1 fully saturated rings. The standard InChI is InChI=1S/C17H26N2O2/c1-12(10-18)9-16(20)19-13(2)11-21-17(14(19)3)15-7-5-4-6-8-15/h4-8,12-14,17H,9-11,18H2,1-3H3/t12-,13+,14-,17-/m0/s1. The number of carbonyl (C=O) groups excluding carboxylic acids is 1. The van der Waals surface area contributed by atoms with Gasteiger partial charge < -0.3 is 15.4 Å². The van der Waals surface area contributed by atoms with E-state index in [2.05, 4.69) is 19.1 Å². The molecule has 1 aromatic carbocycles. The lowest BCUT2D eigenvalue weighted by molar-refractivity contribution is -0.154. The van der Waals surface area contributed by atoms with Gasteiger partial charge in [-0.1, -0.05) is 37.3 Å². The predicted molar refractivity (Wildman–Crippen MR) is 83.7 cm³/mol. The highest BCUT2D eigenvalue weighted by Gasteiger charge is 2.37. The summed E-state index contributed by atoms with van der Waals surface area (Å²) in [5, 5.41) is 0. The lowest BCUT2D eigenvalue weighted by Crippen LogP contribution is -2.54. The molecule has 0 aliphatic carbocycles. The van der Waals surface area contributed by atoms with Crippen LogP contribution in [-0.2, 0) is 9.53 Å². The maximum atomic E-state index is 12.6. The first-order chi connectivity index (χ1) is 10.0. The molecule has 0 bridgehead atoms. The van der Waals surface area contributed by atoms with Gasteiger partial charge in [0.15, 0.2) is 0 Å². The zero-order valence-corrected chi connectivity index (χ0v) is 13.2. The second kappa shape index (κ2) is 7.05. The molecular formula is C17H26N2O2. The highest BCUT2D eigenvalue weighted by atomic mass is 16.5. The van der Waals surface area contributed by atoms with Crippen molar-refractivity contribution in [3.8, 4) is 0 Å². The van der Waals surface area contributed by atoms with Crippen molar-refractivity contribution in [1.82, 2.24) is 4.90 Å². The van der Waals surface area contributed by atoms with Crippen molar-refractivity contribution in [2.45, 2.75) is 45.4 Å². The van der Waals surface area contributed by atoms with Crippen molar-refractivity contribution in [3.63, 3.8) is 0 Å². The average molecular weight is 290 g/mol. The Hall–Kier alpha value is -1.39. The van der Waals surface area contributed by atoms with E-state index in [-0.39, 0.29) is 30.0 Å². The van der Waals surface area contributed by atoms with Crippen LogP contribution >= 0.6 is 0 Å². The van der Waals surface area contributed by atoms with Gasteiger partial charge in [0, 0.05) is 6.42 Å². The second-order valence-electron chi connectivity index (χ2n) is 6.10. The van der Waals surface area contributed by atoms with Gasteiger partial charge in [-0.15, -0.1) is 0 Å². The Balaban J connectivity index is 2.14. The number of carbonyl (C=O) groups is 1. The average Bonchev–Trinajstić information content (AvgIpc) is 2.48. The van der Waals surface area contributed by atoms with Crippen LogP contribution in [0.15, 0.2) is 30.3 Å². The molecule has 1 aromatic rings. The summed E-state index contributed by atoms with van der Waals surface area (Å²) >= 11 is 0. The Bertz CT molecular complexity index is 463. The highest BCUT2D eigenvalue weighted by molar-refractivity contribution is 5.77. The van der Waals surface area contributed by atoms with Crippen molar-refractivity contribution in [1.29, 1.82) is 0 Å². The molecule has 0 radical (unpaired) electrons. The molecule has 21 heavy (non-hydrogen) atoms. The summed E-state index contributed by atoms with van der Waals surface area (Å²) < 4.78 is 5.98. The van der Waals surface area contributed by atoms with Crippen molar-refractivity contribution >= 4 is 5.91 Å². The van der Waals surface area contributed by atoms with Crippen molar-refractivity contribution in [2.24, 2.45) is 11.7 Å². The molecule has 1 heterocycles. The monoisotopic (exact) mass is 290 g/mol. The predicted octanol–water partition coefficient (Wildman–Crippen LogP) is 2.35. The molecule has 1 aliphatic heterocycles. The van der Waals surface area contributed by atoms with E-state index in [1.807, 2.05) is 36.9 Å². The van der Waals surface area contributed by atoms with Crippen LogP contribution in [0.25, 0.3) is 0 Å². The summed E-state index contributed by atoms with van der Waals surface area (Å²) in [6, 6.07) is 10.3. The van der Waals surface area contributed by atoms with E-state index in [1.165, 1.54) is 0 Å². The first kappa shape index (κ1) is 16.0. The van der Waals surface area contributed by atoms with Gasteiger partial charge in [0.1, 0.15) is 6.10 Å². The zero-order chi connectivity index (χ0) is 15.4. The van der Waals surface area contributed by atoms with E-state index in [1.54, 1.807) is 0 Å². The third kappa shape index (κ3) is 3.63. The lowest BCUT2D eigenvalue weighted by atomic mass is 9.97. The van der Waals surface area contributed by atoms with Crippen LogP contribution in [0.3, 0.4) is 0 Å². The fourth-order valence-corrected chi connectivity index (χ4v) is 2.99. The van der Waals surface area contributed by atoms with Crippen molar-refractivity contribution in [3.05, 3.63) is 35.9 Å². The molecule has 0 spiro atoms. The molecule has 0 aromatic heterocycles. The minimum Gasteiger partial charge on any atom is -0.369 e. The molecule has 4 atom stereocenters. The van der Waals surface area contributed by atoms with Gasteiger partial charge in [0.2, 0.25) is 5.91 Å². The fraction of sp³-hybridized carbons (Fsp3) is 0.588. The van der Waals surface area contributed by atoms with E-state index in [0.717, 1.165) is 5.56 Å². The minimum absolute atomic E-state index is 0.0358. The van der Waals surface area contributed by atoms with Crippen LogP contribution in [0.1, 0.15) is 38.9 Å². The Labute approximate surface area is 127 Å². The van der Waals surface area contributed by atoms with E-state index in [0.29, 0.717) is 19.6 Å². The number of morpholine rings is 1. The largest absolute Gasteiger partial charge is 0.369 e. The molecule has 1 saturated heterocycles. The number of rotatable bonds is 4. The van der Waals surface area contributed by atoms with Gasteiger partial charge in [0.25, 0.3) is 0 Å². The van der Waals surface area contributed by atoms with Crippen LogP contribution in [-0.4, -0.2) is 36.0 Å². The Kier molecular flexibility index (Phi) is 5.37. The van der Waals surface area contributed by atoms with E-state index >= 15 is 0 Å². The first-order valence-corrected chi connectivity index (χ1v) is 7.72.